The topological polar surface area (TPSA) is 111 Å². The molecule has 0 aromatic carbocycles. The number of unbranched alkanes of at least 4 members (excludes halogenated alkanes) is 19. The van der Waals surface area contributed by atoms with Gasteiger partial charge in [-0.05, 0) is 89.9 Å². The average molecular weight is 1060 g/mol. The molecule has 75 heavy (non-hydrogen) atoms. The molecule has 10 heteroatoms. The summed E-state index contributed by atoms with van der Waals surface area (Å²) in [5.74, 6) is -0.866. The van der Waals surface area contributed by atoms with Crippen LogP contribution in [0.1, 0.15) is 226 Å². The number of carbonyl (C=O) groups is 2. The highest BCUT2D eigenvalue weighted by Gasteiger charge is 2.21. The number of allylic oxidation sites excluding steroid dienone is 20. The molecule has 0 fully saturated rings. The minimum atomic E-state index is -4.65. The van der Waals surface area contributed by atoms with Gasteiger partial charge < -0.3 is 27.9 Å². The van der Waals surface area contributed by atoms with E-state index in [2.05, 4.69) is 135 Å². The first-order chi connectivity index (χ1) is 36.5. The first-order valence-electron chi connectivity index (χ1n) is 29.7. The molecule has 0 aromatic rings. The molecular formula is C65H110NO8P. The van der Waals surface area contributed by atoms with Crippen molar-refractivity contribution in [2.45, 2.75) is 232 Å². The van der Waals surface area contributed by atoms with Crippen molar-refractivity contribution >= 4 is 19.8 Å². The summed E-state index contributed by atoms with van der Waals surface area (Å²) in [6.07, 6.45) is 78.2. The summed E-state index contributed by atoms with van der Waals surface area (Å²) < 4.78 is 34.1. The van der Waals surface area contributed by atoms with E-state index in [4.69, 9.17) is 18.5 Å². The summed E-state index contributed by atoms with van der Waals surface area (Å²) in [4.78, 5) is 37.8. The third-order valence-electron chi connectivity index (χ3n) is 12.2. The molecule has 0 bridgehead atoms. The number of hydrogen-bond acceptors (Lipinski definition) is 8. The maximum atomic E-state index is 12.8. The smallest absolute Gasteiger partial charge is 0.306 e. The highest BCUT2D eigenvalue weighted by atomic mass is 31.2. The summed E-state index contributed by atoms with van der Waals surface area (Å²) in [6, 6.07) is 0. The molecule has 428 valence electrons. The van der Waals surface area contributed by atoms with Crippen LogP contribution in [0.25, 0.3) is 0 Å². The van der Waals surface area contributed by atoms with Gasteiger partial charge in [-0.2, -0.15) is 0 Å². The van der Waals surface area contributed by atoms with Gasteiger partial charge in [0.25, 0.3) is 7.82 Å². The standard InChI is InChI=1S/C65H110NO8P/c1-6-8-10-12-14-16-18-20-22-24-25-26-27-28-29-30-31-32-33-34-35-36-37-38-39-40-41-42-44-46-48-50-52-54-56-58-65(68)74-63(62-73-75(69,70)72-60-59-66(3,4)5)61-71-64(67)57-55-53-51-49-47-45-43-23-21-19-17-15-13-11-9-7-2/h8,10,14,16,20,22,25-26,28-29,31-32,34-35,37-38,40-41,44,46,63H,6-7,9,11-13,15,17-19,21,23-24,27,30,33,36,39,42-43,45,47-62H2,1-5H3/b10-8-,16-14-,22-20-,26-25-,29-28-,32-31-,35-34-,38-37-,41-40-,46-44-. The maximum absolute atomic E-state index is 12.8. The number of phosphoric acid groups is 1. The van der Waals surface area contributed by atoms with Crippen LogP contribution < -0.4 is 4.89 Å². The lowest BCUT2D eigenvalue weighted by Gasteiger charge is -2.28. The summed E-state index contributed by atoms with van der Waals surface area (Å²) in [6.45, 7) is 4.09. The van der Waals surface area contributed by atoms with Crippen molar-refractivity contribution in [3.8, 4) is 0 Å². The molecule has 9 nitrogen and oxygen atoms in total. The molecule has 0 N–H and O–H groups in total. The third-order valence-corrected chi connectivity index (χ3v) is 13.2. The van der Waals surface area contributed by atoms with Crippen LogP contribution >= 0.6 is 7.82 Å². The van der Waals surface area contributed by atoms with Crippen LogP contribution in [0.15, 0.2) is 122 Å². The van der Waals surface area contributed by atoms with Gasteiger partial charge in [-0.15, -0.1) is 0 Å². The van der Waals surface area contributed by atoms with E-state index in [0.29, 0.717) is 17.4 Å². The van der Waals surface area contributed by atoms with E-state index >= 15 is 0 Å². The number of ether oxygens (including phenoxy) is 2. The fraction of sp³-hybridized carbons (Fsp3) is 0.662. The molecule has 2 unspecified atom stereocenters. The molecule has 0 saturated heterocycles. The SMILES string of the molecule is CC/C=C\C/C=C\C/C=C\C/C=C\C/C=C\C/C=C\C/C=C\C/C=C\C/C=C\C/C=C\CCCCCCC(=O)OC(COC(=O)CCCCCCCCCCCCCCCCCC)COP(=O)([O-])OCC[N+](C)(C)C. The number of esters is 2. The molecule has 0 rings (SSSR count). The number of quaternary nitrogens is 1. The van der Waals surface area contributed by atoms with Gasteiger partial charge in [0.05, 0.1) is 27.7 Å². The van der Waals surface area contributed by atoms with E-state index in [9.17, 15) is 19.0 Å². The van der Waals surface area contributed by atoms with Crippen LogP contribution in [-0.2, 0) is 32.7 Å². The summed E-state index contributed by atoms with van der Waals surface area (Å²) >= 11 is 0. The fourth-order valence-corrected chi connectivity index (χ4v) is 8.41. The summed E-state index contributed by atoms with van der Waals surface area (Å²) in [5.41, 5.74) is 0. The Balaban J connectivity index is 4.23. The van der Waals surface area contributed by atoms with Gasteiger partial charge in [0.2, 0.25) is 0 Å². The lowest BCUT2D eigenvalue weighted by atomic mass is 10.0. The summed E-state index contributed by atoms with van der Waals surface area (Å²) in [7, 11) is 1.14. The lowest BCUT2D eigenvalue weighted by Crippen LogP contribution is -2.37. The van der Waals surface area contributed by atoms with Gasteiger partial charge in [0, 0.05) is 12.8 Å². The molecule has 0 aromatic heterocycles. The minimum absolute atomic E-state index is 0.0412. The van der Waals surface area contributed by atoms with Gasteiger partial charge in [-0.3, -0.25) is 14.2 Å². The fourth-order valence-electron chi connectivity index (χ4n) is 7.68. The second-order valence-corrected chi connectivity index (χ2v) is 22.0. The van der Waals surface area contributed by atoms with Crippen LogP contribution in [0.5, 0.6) is 0 Å². The van der Waals surface area contributed by atoms with E-state index in [1.54, 1.807) is 0 Å². The molecule has 0 radical (unpaired) electrons. The Morgan fingerprint density at radius 1 is 0.427 bits per heavy atom. The van der Waals surface area contributed by atoms with E-state index in [0.717, 1.165) is 109 Å². The van der Waals surface area contributed by atoms with Crippen LogP contribution in [-0.4, -0.2) is 70.0 Å². The minimum Gasteiger partial charge on any atom is -0.756 e. The zero-order valence-electron chi connectivity index (χ0n) is 48.4. The molecule has 0 aliphatic rings. The van der Waals surface area contributed by atoms with Gasteiger partial charge >= 0.3 is 11.9 Å². The molecule has 0 aliphatic carbocycles. The van der Waals surface area contributed by atoms with E-state index in [1.165, 1.54) is 83.5 Å². The Hall–Kier alpha value is -3.59. The van der Waals surface area contributed by atoms with Crippen LogP contribution in [0, 0.1) is 0 Å². The van der Waals surface area contributed by atoms with E-state index in [1.807, 2.05) is 21.1 Å². The zero-order valence-corrected chi connectivity index (χ0v) is 49.3. The van der Waals surface area contributed by atoms with Crippen LogP contribution in [0.3, 0.4) is 0 Å². The lowest BCUT2D eigenvalue weighted by molar-refractivity contribution is -0.870. The molecular weight excluding hydrogens is 954 g/mol. The number of carbonyl (C=O) groups excluding carboxylic acids is 2. The second-order valence-electron chi connectivity index (χ2n) is 20.6. The van der Waals surface area contributed by atoms with E-state index < -0.39 is 32.5 Å². The van der Waals surface area contributed by atoms with Crippen molar-refractivity contribution < 1.29 is 42.1 Å². The van der Waals surface area contributed by atoms with Crippen molar-refractivity contribution in [3.63, 3.8) is 0 Å². The average Bonchev–Trinajstić information content (AvgIpc) is 3.37. The van der Waals surface area contributed by atoms with Gasteiger partial charge in [0.1, 0.15) is 19.8 Å². The monoisotopic (exact) mass is 1060 g/mol. The van der Waals surface area contributed by atoms with E-state index in [-0.39, 0.29) is 26.1 Å². The Morgan fingerprint density at radius 2 is 0.760 bits per heavy atom. The second kappa shape index (κ2) is 55.2. The van der Waals surface area contributed by atoms with Crippen molar-refractivity contribution in [1.82, 2.24) is 0 Å². The molecule has 0 heterocycles. The Kier molecular flexibility index (Phi) is 52.5. The van der Waals surface area contributed by atoms with Gasteiger partial charge in [-0.1, -0.05) is 245 Å². The number of rotatable bonds is 53. The Labute approximate surface area is 460 Å². The van der Waals surface area contributed by atoms with Crippen LogP contribution in [0.4, 0.5) is 0 Å². The summed E-state index contributed by atoms with van der Waals surface area (Å²) in [5, 5.41) is 0. The number of hydrogen-bond donors (Lipinski definition) is 0. The predicted octanol–water partition coefficient (Wildman–Crippen LogP) is 18.1. The van der Waals surface area contributed by atoms with Crippen molar-refractivity contribution in [2.24, 2.45) is 0 Å². The highest BCUT2D eigenvalue weighted by Crippen LogP contribution is 2.38. The number of likely N-dealkylation sites (N-methyl/N-ethyl adjacent to an activating group) is 1. The van der Waals surface area contributed by atoms with Crippen LogP contribution in [0.2, 0.25) is 0 Å². The van der Waals surface area contributed by atoms with Gasteiger partial charge in [0.15, 0.2) is 6.10 Å². The largest absolute Gasteiger partial charge is 0.756 e. The Bertz CT molecular complexity index is 1680. The van der Waals surface area contributed by atoms with Crippen molar-refractivity contribution in [1.29, 1.82) is 0 Å². The molecule has 0 amide bonds. The Morgan fingerprint density at radius 3 is 1.13 bits per heavy atom. The highest BCUT2D eigenvalue weighted by molar-refractivity contribution is 7.45. The predicted molar refractivity (Wildman–Crippen MR) is 318 cm³/mol. The first-order valence-corrected chi connectivity index (χ1v) is 31.2. The number of nitrogens with zero attached hydrogens (tertiary/aromatic N) is 1. The maximum Gasteiger partial charge on any atom is 0.306 e. The quantitative estimate of drug-likeness (QED) is 0.0195. The molecule has 0 aliphatic heterocycles. The molecule has 0 saturated carbocycles. The zero-order chi connectivity index (χ0) is 54.9. The number of phosphoric ester groups is 1. The molecule has 0 spiro atoms. The van der Waals surface area contributed by atoms with Crippen molar-refractivity contribution in [3.05, 3.63) is 122 Å². The van der Waals surface area contributed by atoms with Gasteiger partial charge in [-0.25, -0.2) is 0 Å². The van der Waals surface area contributed by atoms with Crippen molar-refractivity contribution in [2.75, 3.05) is 47.5 Å². The third kappa shape index (κ3) is 59.5. The first kappa shape index (κ1) is 71.4. The normalized spacial score (nSPS) is 14.2. The molecule has 2 atom stereocenters.